The minimum Gasteiger partial charge on any atom is -0.490 e. The Kier molecular flexibility index (Phi) is 6.02. The molecule has 6 nitrogen and oxygen atoms in total. The highest BCUT2D eigenvalue weighted by molar-refractivity contribution is 6.04. The van der Waals surface area contributed by atoms with Gasteiger partial charge < -0.3 is 20.1 Å². The molecule has 1 fully saturated rings. The summed E-state index contributed by atoms with van der Waals surface area (Å²) in [7, 11) is 0. The smallest absolute Gasteiger partial charge is 0.338 e. The van der Waals surface area contributed by atoms with Crippen LogP contribution < -0.4 is 15.4 Å². The number of nitrogens with one attached hydrogen (secondary N) is 2. The highest BCUT2D eigenvalue weighted by Gasteiger charge is 2.36. The molecular weight excluding hydrogens is 380 g/mol. The molecule has 30 heavy (non-hydrogen) atoms. The number of esters is 1. The number of para-hydroxylation sites is 1. The van der Waals surface area contributed by atoms with Gasteiger partial charge in [0.1, 0.15) is 5.75 Å². The number of urea groups is 1. The van der Waals surface area contributed by atoms with Crippen LogP contribution in [-0.2, 0) is 9.53 Å². The summed E-state index contributed by atoms with van der Waals surface area (Å²) in [6, 6.07) is 15.9. The fourth-order valence-corrected chi connectivity index (χ4v) is 4.07. The summed E-state index contributed by atoms with van der Waals surface area (Å²) in [6.07, 6.45) is 4.50. The molecule has 0 spiro atoms. The maximum Gasteiger partial charge on any atom is 0.338 e. The Hall–Kier alpha value is -3.28. The minimum atomic E-state index is -0.675. The first-order chi connectivity index (χ1) is 14.7. The predicted octanol–water partition coefficient (Wildman–Crippen LogP) is 4.34. The van der Waals surface area contributed by atoms with E-state index in [2.05, 4.69) is 10.6 Å². The van der Waals surface area contributed by atoms with E-state index in [1.165, 1.54) is 0 Å². The Bertz CT molecular complexity index is 949. The standard InChI is InChI=1S/C24H26N2O4/c1-2-29-23(27)20-21(16-10-4-3-5-11-16)25-24(28)26-22(20)18-14-8-9-15-19(18)30-17-12-6-7-13-17/h3-5,8-11,14-15,17,22H,2,6-7,12-13H2,1H3,(H2,25,26,28). The lowest BCUT2D eigenvalue weighted by Gasteiger charge is -2.31. The largest absolute Gasteiger partial charge is 0.490 e. The molecule has 156 valence electrons. The van der Waals surface area contributed by atoms with Crippen molar-refractivity contribution in [1.82, 2.24) is 10.6 Å². The van der Waals surface area contributed by atoms with Crippen molar-refractivity contribution in [2.45, 2.75) is 44.8 Å². The zero-order chi connectivity index (χ0) is 20.9. The van der Waals surface area contributed by atoms with E-state index in [1.54, 1.807) is 6.92 Å². The average Bonchev–Trinajstić information content (AvgIpc) is 3.27. The highest BCUT2D eigenvalue weighted by atomic mass is 16.5. The topological polar surface area (TPSA) is 76.7 Å². The van der Waals surface area contributed by atoms with Gasteiger partial charge in [0.05, 0.1) is 30.0 Å². The molecule has 4 rings (SSSR count). The van der Waals surface area contributed by atoms with Crippen LogP contribution >= 0.6 is 0 Å². The van der Waals surface area contributed by atoms with E-state index in [0.29, 0.717) is 17.0 Å². The van der Waals surface area contributed by atoms with E-state index in [0.717, 1.165) is 36.8 Å². The lowest BCUT2D eigenvalue weighted by molar-refractivity contribution is -0.138. The van der Waals surface area contributed by atoms with Crippen molar-refractivity contribution in [3.8, 4) is 5.75 Å². The van der Waals surface area contributed by atoms with Crippen molar-refractivity contribution in [3.63, 3.8) is 0 Å². The monoisotopic (exact) mass is 406 g/mol. The normalized spacial score (nSPS) is 19.2. The summed E-state index contributed by atoms with van der Waals surface area (Å²) in [6.45, 7) is 2.01. The molecule has 1 atom stereocenters. The van der Waals surface area contributed by atoms with Crippen molar-refractivity contribution < 1.29 is 19.1 Å². The minimum absolute atomic E-state index is 0.159. The number of hydrogen-bond acceptors (Lipinski definition) is 4. The fraction of sp³-hybridized carbons (Fsp3) is 0.333. The summed E-state index contributed by atoms with van der Waals surface area (Å²) in [5.74, 6) is 0.218. The molecule has 2 aliphatic rings. The van der Waals surface area contributed by atoms with Gasteiger partial charge in [0.25, 0.3) is 0 Å². The molecular formula is C24H26N2O4. The molecule has 1 aliphatic carbocycles. The van der Waals surface area contributed by atoms with E-state index in [4.69, 9.17) is 9.47 Å². The Labute approximate surface area is 176 Å². The van der Waals surface area contributed by atoms with Crippen LogP contribution in [0.25, 0.3) is 5.70 Å². The Balaban J connectivity index is 1.81. The van der Waals surface area contributed by atoms with Crippen molar-refractivity contribution in [2.75, 3.05) is 6.61 Å². The van der Waals surface area contributed by atoms with Gasteiger partial charge in [0.15, 0.2) is 0 Å². The number of amides is 2. The Morgan fingerprint density at radius 2 is 1.73 bits per heavy atom. The summed E-state index contributed by atoms with van der Waals surface area (Å²) in [4.78, 5) is 25.6. The molecule has 1 aliphatic heterocycles. The van der Waals surface area contributed by atoms with Gasteiger partial charge in [-0.3, -0.25) is 0 Å². The first kappa shape index (κ1) is 20.0. The van der Waals surface area contributed by atoms with Gasteiger partial charge in [-0.1, -0.05) is 48.5 Å². The van der Waals surface area contributed by atoms with Gasteiger partial charge >= 0.3 is 12.0 Å². The lowest BCUT2D eigenvalue weighted by atomic mass is 9.92. The number of hydrogen-bond donors (Lipinski definition) is 2. The molecule has 2 aromatic rings. The molecule has 0 radical (unpaired) electrons. The fourth-order valence-electron chi connectivity index (χ4n) is 4.07. The first-order valence-corrected chi connectivity index (χ1v) is 10.5. The molecule has 6 heteroatoms. The van der Waals surface area contributed by atoms with E-state index in [-0.39, 0.29) is 18.7 Å². The first-order valence-electron chi connectivity index (χ1n) is 10.5. The van der Waals surface area contributed by atoms with Gasteiger partial charge in [0.2, 0.25) is 0 Å². The van der Waals surface area contributed by atoms with E-state index in [9.17, 15) is 9.59 Å². The number of ether oxygens (including phenoxy) is 2. The predicted molar refractivity (Wildman–Crippen MR) is 114 cm³/mol. The van der Waals surface area contributed by atoms with Crippen molar-refractivity contribution in [1.29, 1.82) is 0 Å². The van der Waals surface area contributed by atoms with Crippen LogP contribution in [0.15, 0.2) is 60.2 Å². The number of carbonyl (C=O) groups is 2. The van der Waals surface area contributed by atoms with Gasteiger partial charge in [-0.05, 0) is 44.2 Å². The van der Waals surface area contributed by atoms with Crippen LogP contribution in [-0.4, -0.2) is 24.7 Å². The number of benzene rings is 2. The third kappa shape index (κ3) is 4.17. The number of carbonyl (C=O) groups excluding carboxylic acids is 2. The van der Waals surface area contributed by atoms with Gasteiger partial charge in [0, 0.05) is 5.56 Å². The molecule has 1 unspecified atom stereocenters. The van der Waals surface area contributed by atoms with E-state index < -0.39 is 12.0 Å². The third-order valence-corrected chi connectivity index (χ3v) is 5.46. The van der Waals surface area contributed by atoms with E-state index in [1.807, 2.05) is 54.6 Å². The summed E-state index contributed by atoms with van der Waals surface area (Å²) in [5, 5.41) is 5.70. The van der Waals surface area contributed by atoms with Crippen LogP contribution in [0.1, 0.15) is 49.8 Å². The van der Waals surface area contributed by atoms with Crippen LogP contribution in [0, 0.1) is 0 Å². The highest BCUT2D eigenvalue weighted by Crippen LogP contribution is 2.37. The summed E-state index contributed by atoms with van der Waals surface area (Å²) >= 11 is 0. The zero-order valence-corrected chi connectivity index (χ0v) is 17.0. The van der Waals surface area contributed by atoms with Crippen molar-refractivity contribution in [3.05, 3.63) is 71.3 Å². The van der Waals surface area contributed by atoms with Crippen LogP contribution in [0.5, 0.6) is 5.75 Å². The third-order valence-electron chi connectivity index (χ3n) is 5.46. The molecule has 2 amide bonds. The van der Waals surface area contributed by atoms with Crippen LogP contribution in [0.3, 0.4) is 0 Å². The zero-order valence-electron chi connectivity index (χ0n) is 17.0. The van der Waals surface area contributed by atoms with Crippen LogP contribution in [0.4, 0.5) is 4.79 Å². The summed E-state index contributed by atoms with van der Waals surface area (Å²) in [5.41, 5.74) is 2.31. The second-order valence-electron chi connectivity index (χ2n) is 7.47. The van der Waals surface area contributed by atoms with Gasteiger partial charge in [-0.25, -0.2) is 9.59 Å². The number of rotatable bonds is 6. The SMILES string of the molecule is CCOC(=O)C1=C(c2ccccc2)NC(=O)NC1c1ccccc1OC1CCCC1. The molecule has 1 heterocycles. The molecule has 1 saturated carbocycles. The van der Waals surface area contributed by atoms with Gasteiger partial charge in [-0.15, -0.1) is 0 Å². The lowest BCUT2D eigenvalue weighted by Crippen LogP contribution is -2.45. The Morgan fingerprint density at radius 3 is 2.47 bits per heavy atom. The average molecular weight is 406 g/mol. The van der Waals surface area contributed by atoms with Crippen molar-refractivity contribution >= 4 is 17.7 Å². The summed E-state index contributed by atoms with van der Waals surface area (Å²) < 4.78 is 11.6. The molecule has 2 aromatic carbocycles. The molecule has 0 bridgehead atoms. The molecule has 2 N–H and O–H groups in total. The Morgan fingerprint density at radius 1 is 1.03 bits per heavy atom. The second-order valence-corrected chi connectivity index (χ2v) is 7.47. The van der Waals surface area contributed by atoms with Crippen molar-refractivity contribution in [2.24, 2.45) is 0 Å². The van der Waals surface area contributed by atoms with E-state index >= 15 is 0 Å². The maximum absolute atomic E-state index is 13.0. The quantitative estimate of drug-likeness (QED) is 0.700. The van der Waals surface area contributed by atoms with Gasteiger partial charge in [-0.2, -0.15) is 0 Å². The van der Waals surface area contributed by atoms with Crippen LogP contribution in [0.2, 0.25) is 0 Å². The maximum atomic E-state index is 13.0. The molecule has 0 aromatic heterocycles. The second kappa shape index (κ2) is 9.03. The molecule has 0 saturated heterocycles.